The van der Waals surface area contributed by atoms with Crippen molar-refractivity contribution in [1.82, 2.24) is 9.97 Å². The van der Waals surface area contributed by atoms with Gasteiger partial charge in [0.1, 0.15) is 11.3 Å². The number of rotatable bonds is 5. The maximum Gasteiger partial charge on any atom is 0.344 e. The van der Waals surface area contributed by atoms with Crippen molar-refractivity contribution in [3.8, 4) is 11.6 Å². The quantitative estimate of drug-likeness (QED) is 0.617. The average Bonchev–Trinajstić information content (AvgIpc) is 2.92. The topological polar surface area (TPSA) is 111 Å². The Morgan fingerprint density at radius 2 is 1.94 bits per heavy atom. The second kappa shape index (κ2) is 9.25. The minimum Gasteiger partial charge on any atom is -0.452 e. The Balaban J connectivity index is 1.49. The summed E-state index contributed by atoms with van der Waals surface area (Å²) in [5.74, 6) is -0.946. The first kappa shape index (κ1) is 21.0. The Morgan fingerprint density at radius 3 is 2.75 bits per heavy atom. The third-order valence-electron chi connectivity index (χ3n) is 4.79. The molecule has 4 rings (SSSR count). The summed E-state index contributed by atoms with van der Waals surface area (Å²) in [4.78, 5) is 47.3. The van der Waals surface area contributed by atoms with Gasteiger partial charge in [-0.2, -0.15) is 0 Å². The van der Waals surface area contributed by atoms with E-state index in [-0.39, 0.29) is 23.8 Å². The van der Waals surface area contributed by atoms with Crippen LogP contribution < -0.4 is 15.0 Å². The number of anilines is 2. The highest BCUT2D eigenvalue weighted by Gasteiger charge is 2.30. The van der Waals surface area contributed by atoms with Crippen LogP contribution in [-0.4, -0.2) is 40.4 Å². The highest BCUT2D eigenvalue weighted by atomic mass is 16.5. The number of carbonyl (C=O) groups is 3. The molecule has 0 saturated carbocycles. The lowest BCUT2D eigenvalue weighted by molar-refractivity contribution is -0.122. The van der Waals surface area contributed by atoms with Gasteiger partial charge < -0.3 is 19.7 Å². The van der Waals surface area contributed by atoms with Crippen LogP contribution in [0, 0.1) is 0 Å². The molecule has 1 aromatic carbocycles. The predicted molar refractivity (Wildman–Crippen MR) is 115 cm³/mol. The van der Waals surface area contributed by atoms with Crippen LogP contribution in [0.3, 0.4) is 0 Å². The van der Waals surface area contributed by atoms with Gasteiger partial charge in [-0.1, -0.05) is 12.1 Å². The molecule has 1 aliphatic rings. The number of hydrogen-bond donors (Lipinski definition) is 1. The summed E-state index contributed by atoms with van der Waals surface area (Å²) in [6, 6.07) is 13.0. The molecule has 162 valence electrons. The molecule has 9 nitrogen and oxygen atoms in total. The number of para-hydroxylation sites is 2. The second-order valence-corrected chi connectivity index (χ2v) is 7.11. The van der Waals surface area contributed by atoms with Gasteiger partial charge in [0.2, 0.25) is 11.8 Å². The van der Waals surface area contributed by atoms with Gasteiger partial charge in [0.05, 0.1) is 17.6 Å². The maximum atomic E-state index is 13.0. The van der Waals surface area contributed by atoms with Crippen LogP contribution in [0.4, 0.5) is 11.4 Å². The number of benzene rings is 1. The molecule has 0 spiro atoms. The van der Waals surface area contributed by atoms with Gasteiger partial charge in [0.15, 0.2) is 6.61 Å². The van der Waals surface area contributed by atoms with Gasteiger partial charge in [0.25, 0.3) is 5.91 Å². The first-order valence-corrected chi connectivity index (χ1v) is 9.94. The minimum absolute atomic E-state index is 0.0428. The molecule has 2 aromatic heterocycles. The van der Waals surface area contributed by atoms with Crippen molar-refractivity contribution < 1.29 is 23.9 Å². The molecule has 1 aliphatic heterocycles. The first-order valence-electron chi connectivity index (χ1n) is 9.94. The minimum atomic E-state index is -0.754. The van der Waals surface area contributed by atoms with Crippen LogP contribution in [0.25, 0.3) is 0 Å². The molecule has 0 saturated heterocycles. The van der Waals surface area contributed by atoms with Gasteiger partial charge in [0, 0.05) is 24.9 Å². The number of fused-ring (bicyclic) bond motifs is 1. The third kappa shape index (κ3) is 4.56. The Labute approximate surface area is 184 Å². The van der Waals surface area contributed by atoms with Gasteiger partial charge >= 0.3 is 5.97 Å². The van der Waals surface area contributed by atoms with E-state index in [0.717, 1.165) is 0 Å². The Hall–Kier alpha value is -4.27. The summed E-state index contributed by atoms with van der Waals surface area (Å²) >= 11 is 0. The lowest BCUT2D eigenvalue weighted by atomic mass is 10.1. The molecule has 9 heteroatoms. The number of nitrogens with one attached hydrogen (secondary N) is 1. The molecule has 0 fully saturated rings. The number of esters is 1. The molecular weight excluding hydrogens is 412 g/mol. The van der Waals surface area contributed by atoms with Crippen LogP contribution in [0.5, 0.6) is 11.6 Å². The largest absolute Gasteiger partial charge is 0.452 e. The molecule has 32 heavy (non-hydrogen) atoms. The zero-order valence-electron chi connectivity index (χ0n) is 17.2. The first-order chi connectivity index (χ1) is 15.5. The van der Waals surface area contributed by atoms with Crippen molar-refractivity contribution in [3.63, 3.8) is 0 Å². The molecule has 1 N–H and O–H groups in total. The fraction of sp³-hybridized carbons (Fsp3) is 0.174. The Bertz CT molecular complexity index is 1150. The fourth-order valence-corrected chi connectivity index (χ4v) is 3.39. The SMILES string of the molecule is CC1CC(=O)Nc2ccccc2N1C(=O)COC(=O)c1cccnc1Oc1cccnc1. The summed E-state index contributed by atoms with van der Waals surface area (Å²) in [5.41, 5.74) is 1.15. The number of pyridine rings is 2. The molecule has 1 unspecified atom stereocenters. The molecule has 1 atom stereocenters. The Morgan fingerprint density at radius 1 is 1.12 bits per heavy atom. The van der Waals surface area contributed by atoms with Gasteiger partial charge in [-0.25, -0.2) is 9.78 Å². The van der Waals surface area contributed by atoms with E-state index in [9.17, 15) is 14.4 Å². The number of nitrogens with zero attached hydrogens (tertiary/aromatic N) is 3. The number of aromatic nitrogens is 2. The smallest absolute Gasteiger partial charge is 0.344 e. The van der Waals surface area contributed by atoms with E-state index < -0.39 is 24.5 Å². The zero-order valence-corrected chi connectivity index (χ0v) is 17.2. The summed E-state index contributed by atoms with van der Waals surface area (Å²) in [7, 11) is 0. The van der Waals surface area contributed by atoms with E-state index in [1.807, 2.05) is 0 Å². The molecule has 2 amide bonds. The van der Waals surface area contributed by atoms with E-state index >= 15 is 0 Å². The van der Waals surface area contributed by atoms with Crippen LogP contribution >= 0.6 is 0 Å². The number of ether oxygens (including phenoxy) is 2. The van der Waals surface area contributed by atoms with Gasteiger partial charge in [-0.3, -0.25) is 14.6 Å². The van der Waals surface area contributed by atoms with E-state index in [2.05, 4.69) is 15.3 Å². The summed E-state index contributed by atoms with van der Waals surface area (Å²) in [5, 5.41) is 2.79. The fourth-order valence-electron chi connectivity index (χ4n) is 3.39. The molecule has 3 aromatic rings. The third-order valence-corrected chi connectivity index (χ3v) is 4.79. The van der Waals surface area contributed by atoms with Crippen molar-refractivity contribution >= 4 is 29.2 Å². The van der Waals surface area contributed by atoms with Crippen LogP contribution in [0.2, 0.25) is 0 Å². The second-order valence-electron chi connectivity index (χ2n) is 7.11. The van der Waals surface area contributed by atoms with Crippen molar-refractivity contribution in [2.45, 2.75) is 19.4 Å². The van der Waals surface area contributed by atoms with E-state index in [1.165, 1.54) is 23.4 Å². The zero-order chi connectivity index (χ0) is 22.5. The molecule has 0 aliphatic carbocycles. The van der Waals surface area contributed by atoms with Crippen molar-refractivity contribution in [2.24, 2.45) is 0 Å². The maximum absolute atomic E-state index is 13.0. The van der Waals surface area contributed by atoms with Crippen molar-refractivity contribution in [1.29, 1.82) is 0 Å². The number of amides is 2. The summed E-state index contributed by atoms with van der Waals surface area (Å²) in [6.45, 7) is 1.26. The highest BCUT2D eigenvalue weighted by molar-refractivity contribution is 6.05. The average molecular weight is 432 g/mol. The van der Waals surface area contributed by atoms with Crippen molar-refractivity contribution in [2.75, 3.05) is 16.8 Å². The van der Waals surface area contributed by atoms with E-state index in [0.29, 0.717) is 17.1 Å². The van der Waals surface area contributed by atoms with Crippen LogP contribution in [0.15, 0.2) is 67.1 Å². The van der Waals surface area contributed by atoms with Gasteiger partial charge in [-0.15, -0.1) is 0 Å². The van der Waals surface area contributed by atoms with Gasteiger partial charge in [-0.05, 0) is 43.3 Å². The lowest BCUT2D eigenvalue weighted by Crippen LogP contribution is -2.41. The van der Waals surface area contributed by atoms with Crippen LogP contribution in [0.1, 0.15) is 23.7 Å². The number of carbonyl (C=O) groups excluding carboxylic acids is 3. The van der Waals surface area contributed by atoms with Crippen LogP contribution in [-0.2, 0) is 14.3 Å². The monoisotopic (exact) mass is 432 g/mol. The highest BCUT2D eigenvalue weighted by Crippen LogP contribution is 2.31. The molecular formula is C23H20N4O5. The molecule has 3 heterocycles. The lowest BCUT2D eigenvalue weighted by Gasteiger charge is -2.27. The predicted octanol–water partition coefficient (Wildman–Crippen LogP) is 3.19. The van der Waals surface area contributed by atoms with Crippen molar-refractivity contribution in [3.05, 3.63) is 72.7 Å². The van der Waals surface area contributed by atoms with E-state index in [4.69, 9.17) is 9.47 Å². The van der Waals surface area contributed by atoms with E-state index in [1.54, 1.807) is 55.6 Å². The normalized spacial score (nSPS) is 15.2. The Kier molecular flexibility index (Phi) is 6.07. The standard InChI is InChI=1S/C23H20N4O5/c1-15-12-20(28)26-18-8-2-3-9-19(18)27(15)21(29)14-31-23(30)17-7-5-11-25-22(17)32-16-6-4-10-24-13-16/h2-11,13,15H,12,14H2,1H3,(H,26,28). The number of hydrogen-bond acceptors (Lipinski definition) is 7. The summed E-state index contributed by atoms with van der Waals surface area (Å²) in [6.07, 6.45) is 4.69. The molecule has 0 radical (unpaired) electrons. The molecule has 0 bridgehead atoms. The summed E-state index contributed by atoms with van der Waals surface area (Å²) < 4.78 is 10.9.